The maximum atomic E-state index is 13.9. The van der Waals surface area contributed by atoms with Gasteiger partial charge in [-0.25, -0.2) is 4.99 Å². The number of halogens is 1. The molecule has 0 saturated heterocycles. The predicted octanol–water partition coefficient (Wildman–Crippen LogP) is 5.55. The van der Waals surface area contributed by atoms with Gasteiger partial charge in [-0.05, 0) is 65.4 Å². The van der Waals surface area contributed by atoms with Crippen LogP contribution in [0.4, 0.5) is 0 Å². The van der Waals surface area contributed by atoms with Crippen LogP contribution in [0, 0.1) is 0 Å². The summed E-state index contributed by atoms with van der Waals surface area (Å²) in [5.74, 6) is 1.22. The van der Waals surface area contributed by atoms with E-state index in [-0.39, 0.29) is 11.6 Å². The summed E-state index contributed by atoms with van der Waals surface area (Å²) in [6.07, 6.45) is 5.33. The van der Waals surface area contributed by atoms with E-state index in [1.165, 1.54) is 16.9 Å². The average molecular weight is 541 g/mol. The molecule has 2 heterocycles. The van der Waals surface area contributed by atoms with Crippen molar-refractivity contribution < 1.29 is 9.47 Å². The lowest BCUT2D eigenvalue weighted by atomic mass is 9.83. The van der Waals surface area contributed by atoms with Crippen LogP contribution in [0.5, 0.6) is 11.5 Å². The minimum Gasteiger partial charge on any atom is -0.493 e. The second kappa shape index (κ2) is 10.1. The van der Waals surface area contributed by atoms with Gasteiger partial charge in [0.05, 0.1) is 23.4 Å². The number of hydrogen-bond acceptors (Lipinski definition) is 5. The van der Waals surface area contributed by atoms with Gasteiger partial charge in [-0.15, -0.1) is 0 Å². The summed E-state index contributed by atoms with van der Waals surface area (Å²) in [7, 11) is 1.60. The summed E-state index contributed by atoms with van der Waals surface area (Å²) in [4.78, 5) is 19.7. The molecule has 0 N–H and O–H groups in total. The Morgan fingerprint density at radius 2 is 1.92 bits per heavy atom. The van der Waals surface area contributed by atoms with Gasteiger partial charge in [-0.3, -0.25) is 9.36 Å². The quantitative estimate of drug-likeness (QED) is 0.301. The minimum absolute atomic E-state index is 0.0648. The first-order chi connectivity index (χ1) is 18.6. The molecule has 1 atom stereocenters. The highest BCUT2D eigenvalue weighted by Gasteiger charge is 2.32. The highest BCUT2D eigenvalue weighted by atomic mass is 35.5. The molecule has 4 aromatic rings. The van der Waals surface area contributed by atoms with Crippen molar-refractivity contribution in [1.82, 2.24) is 4.57 Å². The van der Waals surface area contributed by atoms with Crippen molar-refractivity contribution in [3.63, 3.8) is 0 Å². The smallest absolute Gasteiger partial charge is 0.271 e. The molecule has 1 aliphatic heterocycles. The highest BCUT2D eigenvalue weighted by molar-refractivity contribution is 7.07. The standard InChI is InChI=1S/C31H25ClN2O3S/c1-3-16-37-25-15-8-19(17-26(25)36-2)18-27-30(35)34-29(21-9-12-22(32)13-10-21)24-14-11-20-6-4-5-7-23(20)28(24)33-31(34)38-27/h3-10,12-13,15,17-18,29H,1,11,14,16H2,2H3/b27-18+/t29-/m0/s1. The van der Waals surface area contributed by atoms with Crippen LogP contribution in [-0.4, -0.2) is 18.3 Å². The SMILES string of the molecule is C=CCOc1ccc(/C=c2/sc3n(c2=O)[C@@H](c2ccc(Cl)cc2)C2=C(N=3)c3ccccc3CC2)cc1OC. The van der Waals surface area contributed by atoms with E-state index >= 15 is 0 Å². The molecule has 2 aliphatic rings. The van der Waals surface area contributed by atoms with E-state index in [4.69, 9.17) is 26.1 Å². The van der Waals surface area contributed by atoms with Crippen LogP contribution in [-0.2, 0) is 6.42 Å². The van der Waals surface area contributed by atoms with Crippen molar-refractivity contribution in [2.45, 2.75) is 18.9 Å². The number of aryl methyl sites for hydroxylation is 1. The maximum absolute atomic E-state index is 13.9. The van der Waals surface area contributed by atoms with Crippen molar-refractivity contribution in [2.24, 2.45) is 4.99 Å². The molecule has 3 aromatic carbocycles. The minimum atomic E-state index is -0.238. The zero-order valence-electron chi connectivity index (χ0n) is 20.8. The predicted molar refractivity (Wildman–Crippen MR) is 153 cm³/mol. The van der Waals surface area contributed by atoms with E-state index in [2.05, 4.69) is 24.8 Å². The Bertz CT molecular complexity index is 1770. The van der Waals surface area contributed by atoms with Crippen LogP contribution in [0.2, 0.25) is 5.02 Å². The van der Waals surface area contributed by atoms with Crippen molar-refractivity contribution in [3.05, 3.63) is 132 Å². The fraction of sp³-hybridized carbons (Fsp3) is 0.161. The molecule has 0 fully saturated rings. The first-order valence-electron chi connectivity index (χ1n) is 12.4. The van der Waals surface area contributed by atoms with E-state index < -0.39 is 0 Å². The molecule has 0 radical (unpaired) electrons. The van der Waals surface area contributed by atoms with E-state index in [1.807, 2.05) is 59.2 Å². The second-order valence-corrected chi connectivity index (χ2v) is 10.6. The number of thiazole rings is 1. The monoisotopic (exact) mass is 540 g/mol. The van der Waals surface area contributed by atoms with Crippen molar-refractivity contribution >= 4 is 34.7 Å². The molecule has 0 spiro atoms. The Hall–Kier alpha value is -3.87. The molecular weight excluding hydrogens is 516 g/mol. The van der Waals surface area contributed by atoms with Gasteiger partial charge in [0.25, 0.3) is 5.56 Å². The Balaban J connectivity index is 1.53. The molecule has 1 aliphatic carbocycles. The van der Waals surface area contributed by atoms with Gasteiger partial charge in [-0.1, -0.05) is 78.1 Å². The highest BCUT2D eigenvalue weighted by Crippen LogP contribution is 2.41. The summed E-state index contributed by atoms with van der Waals surface area (Å²) < 4.78 is 13.6. The Labute approximate surface area is 229 Å². The molecule has 7 heteroatoms. The molecular formula is C31H25ClN2O3S. The van der Waals surface area contributed by atoms with E-state index in [1.54, 1.807) is 13.2 Å². The zero-order valence-corrected chi connectivity index (χ0v) is 22.4. The average Bonchev–Trinajstić information content (AvgIpc) is 3.25. The number of hydrogen-bond donors (Lipinski definition) is 0. The fourth-order valence-corrected chi connectivity index (χ4v) is 6.29. The molecule has 0 amide bonds. The molecule has 38 heavy (non-hydrogen) atoms. The molecule has 0 bridgehead atoms. The summed E-state index contributed by atoms with van der Waals surface area (Å²) >= 11 is 7.62. The molecule has 0 saturated carbocycles. The summed E-state index contributed by atoms with van der Waals surface area (Å²) in [5.41, 5.74) is 6.37. The first-order valence-corrected chi connectivity index (χ1v) is 13.6. The number of methoxy groups -OCH3 is 1. The van der Waals surface area contributed by atoms with Crippen molar-refractivity contribution in [3.8, 4) is 11.5 Å². The van der Waals surface area contributed by atoms with Gasteiger partial charge in [-0.2, -0.15) is 0 Å². The summed E-state index contributed by atoms with van der Waals surface area (Å²) in [5, 5.41) is 0.666. The maximum Gasteiger partial charge on any atom is 0.271 e. The Morgan fingerprint density at radius 1 is 1.11 bits per heavy atom. The van der Waals surface area contributed by atoms with Gasteiger partial charge >= 0.3 is 0 Å². The summed E-state index contributed by atoms with van der Waals surface area (Å²) in [6, 6.07) is 21.6. The third-order valence-corrected chi connectivity index (χ3v) is 8.14. The Kier molecular flexibility index (Phi) is 6.52. The van der Waals surface area contributed by atoms with E-state index in [9.17, 15) is 4.79 Å². The third kappa shape index (κ3) is 4.30. The first kappa shape index (κ1) is 24.5. The van der Waals surface area contributed by atoms with Gasteiger partial charge in [0.2, 0.25) is 0 Å². The lowest BCUT2D eigenvalue weighted by Crippen LogP contribution is -2.38. The molecule has 190 valence electrons. The topological polar surface area (TPSA) is 52.8 Å². The van der Waals surface area contributed by atoms with Crippen LogP contribution in [0.3, 0.4) is 0 Å². The lowest BCUT2D eigenvalue weighted by Gasteiger charge is -2.30. The van der Waals surface area contributed by atoms with Gasteiger partial charge in [0.15, 0.2) is 16.3 Å². The second-order valence-electron chi connectivity index (χ2n) is 9.18. The number of benzene rings is 3. The normalized spacial score (nSPS) is 16.3. The van der Waals surface area contributed by atoms with Crippen LogP contribution >= 0.6 is 22.9 Å². The van der Waals surface area contributed by atoms with Gasteiger partial charge in [0.1, 0.15) is 6.61 Å². The molecule has 0 unspecified atom stereocenters. The van der Waals surface area contributed by atoms with Gasteiger partial charge in [0, 0.05) is 10.6 Å². The molecule has 6 rings (SSSR count). The van der Waals surface area contributed by atoms with Gasteiger partial charge < -0.3 is 9.47 Å². The van der Waals surface area contributed by atoms with Crippen molar-refractivity contribution in [1.29, 1.82) is 0 Å². The van der Waals surface area contributed by atoms with Crippen LogP contribution in [0.15, 0.2) is 94.7 Å². The largest absolute Gasteiger partial charge is 0.493 e. The van der Waals surface area contributed by atoms with Crippen LogP contribution < -0.4 is 24.4 Å². The molecule has 5 nitrogen and oxygen atoms in total. The van der Waals surface area contributed by atoms with Crippen LogP contribution in [0.1, 0.15) is 34.7 Å². The molecule has 1 aromatic heterocycles. The Morgan fingerprint density at radius 3 is 2.71 bits per heavy atom. The van der Waals surface area contributed by atoms with E-state index in [0.717, 1.165) is 40.8 Å². The summed E-state index contributed by atoms with van der Waals surface area (Å²) in [6.45, 7) is 4.07. The van der Waals surface area contributed by atoms with Crippen molar-refractivity contribution in [2.75, 3.05) is 13.7 Å². The van der Waals surface area contributed by atoms with Crippen LogP contribution in [0.25, 0.3) is 11.8 Å². The number of ether oxygens (including phenoxy) is 2. The lowest BCUT2D eigenvalue weighted by molar-refractivity contribution is 0.326. The number of rotatable bonds is 6. The number of allylic oxidation sites excluding steroid dienone is 1. The number of fused-ring (bicyclic) bond motifs is 3. The number of nitrogens with zero attached hydrogens (tertiary/aromatic N) is 2. The third-order valence-electron chi connectivity index (χ3n) is 6.90. The van der Waals surface area contributed by atoms with E-state index in [0.29, 0.717) is 32.5 Å². The zero-order chi connectivity index (χ0) is 26.2. The fourth-order valence-electron chi connectivity index (χ4n) is 5.16. The number of aromatic nitrogens is 1.